The van der Waals surface area contributed by atoms with Gasteiger partial charge in [-0.2, -0.15) is 0 Å². The number of piperazine rings is 1. The summed E-state index contributed by atoms with van der Waals surface area (Å²) >= 11 is 0. The number of aliphatic hydroxyl groups is 1. The highest BCUT2D eigenvalue weighted by atomic mass is 35.5. The molecule has 1 fully saturated rings. The molecule has 0 bridgehead atoms. The maximum absolute atomic E-state index is 10.4. The summed E-state index contributed by atoms with van der Waals surface area (Å²) in [4.78, 5) is 4.67. The third-order valence-electron chi connectivity index (χ3n) is 4.41. The van der Waals surface area contributed by atoms with Crippen LogP contribution in [0.5, 0.6) is 5.75 Å². The molecule has 1 heterocycles. The van der Waals surface area contributed by atoms with Crippen molar-refractivity contribution in [2.24, 2.45) is 0 Å². The van der Waals surface area contributed by atoms with Crippen LogP contribution in [-0.4, -0.2) is 49.8 Å². The zero-order valence-electron chi connectivity index (χ0n) is 14.4. The van der Waals surface area contributed by atoms with E-state index in [0.717, 1.165) is 43.2 Å². The Morgan fingerprint density at radius 1 is 0.920 bits per heavy atom. The van der Waals surface area contributed by atoms with Gasteiger partial charge in [-0.1, -0.05) is 42.5 Å². The molecule has 2 aromatic rings. The van der Waals surface area contributed by atoms with Crippen molar-refractivity contribution in [2.75, 3.05) is 44.7 Å². The standard InChI is InChI=1S/C19H24N2O2.2ClH/c1-23-19-10-6-5-9-17(19)21-13-11-20(12-14-21)15-18(22)16-7-3-2-4-8-16;;/h2-10,18,22H,11-15H2,1H3;2*1H. The molecule has 0 spiro atoms. The molecule has 4 nitrogen and oxygen atoms in total. The number of nitrogens with zero attached hydrogens (tertiary/aromatic N) is 2. The average Bonchev–Trinajstić information content (AvgIpc) is 2.63. The number of rotatable bonds is 5. The van der Waals surface area contributed by atoms with Crippen LogP contribution in [0, 0.1) is 0 Å². The number of ether oxygens (including phenoxy) is 1. The molecule has 25 heavy (non-hydrogen) atoms. The van der Waals surface area contributed by atoms with E-state index in [1.807, 2.05) is 48.5 Å². The molecule has 6 heteroatoms. The van der Waals surface area contributed by atoms with E-state index in [1.54, 1.807) is 7.11 Å². The number of para-hydroxylation sites is 2. The van der Waals surface area contributed by atoms with Gasteiger partial charge in [0.25, 0.3) is 0 Å². The number of hydrogen-bond donors (Lipinski definition) is 1. The first kappa shape index (κ1) is 21.6. The van der Waals surface area contributed by atoms with E-state index in [9.17, 15) is 5.11 Å². The van der Waals surface area contributed by atoms with Gasteiger partial charge in [0, 0.05) is 32.7 Å². The van der Waals surface area contributed by atoms with Gasteiger partial charge in [0.15, 0.2) is 0 Å². The molecule has 1 unspecified atom stereocenters. The Morgan fingerprint density at radius 2 is 1.52 bits per heavy atom. The van der Waals surface area contributed by atoms with Gasteiger partial charge in [-0.3, -0.25) is 4.90 Å². The fourth-order valence-corrected chi connectivity index (χ4v) is 3.09. The van der Waals surface area contributed by atoms with E-state index in [1.165, 1.54) is 0 Å². The van der Waals surface area contributed by atoms with Crippen molar-refractivity contribution < 1.29 is 9.84 Å². The molecule has 3 rings (SSSR count). The first-order valence-corrected chi connectivity index (χ1v) is 8.11. The minimum Gasteiger partial charge on any atom is -0.495 e. The molecule has 0 amide bonds. The quantitative estimate of drug-likeness (QED) is 0.856. The van der Waals surface area contributed by atoms with Crippen molar-refractivity contribution in [1.82, 2.24) is 4.90 Å². The minimum atomic E-state index is -0.422. The molecule has 138 valence electrons. The summed E-state index contributed by atoms with van der Waals surface area (Å²) in [6.45, 7) is 4.47. The van der Waals surface area contributed by atoms with Crippen molar-refractivity contribution in [3.05, 3.63) is 60.2 Å². The summed E-state index contributed by atoms with van der Waals surface area (Å²) in [5.74, 6) is 0.922. The Kier molecular flexibility index (Phi) is 9.08. The third kappa shape index (κ3) is 5.51. The monoisotopic (exact) mass is 384 g/mol. The summed E-state index contributed by atoms with van der Waals surface area (Å²) in [5.41, 5.74) is 2.14. The Morgan fingerprint density at radius 3 is 2.16 bits per heavy atom. The number of methoxy groups -OCH3 is 1. The van der Waals surface area contributed by atoms with Crippen LogP contribution in [0.25, 0.3) is 0 Å². The Bertz CT molecular complexity index is 620. The van der Waals surface area contributed by atoms with Crippen molar-refractivity contribution in [2.45, 2.75) is 6.10 Å². The lowest BCUT2D eigenvalue weighted by molar-refractivity contribution is 0.109. The zero-order chi connectivity index (χ0) is 16.1. The number of halogens is 2. The van der Waals surface area contributed by atoms with Crippen molar-refractivity contribution in [3.63, 3.8) is 0 Å². The number of benzene rings is 2. The summed E-state index contributed by atoms with van der Waals surface area (Å²) in [7, 11) is 1.71. The lowest BCUT2D eigenvalue weighted by Gasteiger charge is -2.37. The summed E-state index contributed by atoms with van der Waals surface area (Å²) in [5, 5.41) is 10.4. The highest BCUT2D eigenvalue weighted by Crippen LogP contribution is 2.28. The SMILES string of the molecule is COc1ccccc1N1CCN(CC(O)c2ccccc2)CC1.Cl.Cl. The molecule has 1 aliphatic rings. The maximum Gasteiger partial charge on any atom is 0.142 e. The van der Waals surface area contributed by atoms with Gasteiger partial charge in [-0.15, -0.1) is 24.8 Å². The second-order valence-electron chi connectivity index (χ2n) is 5.89. The van der Waals surface area contributed by atoms with Gasteiger partial charge in [-0.05, 0) is 17.7 Å². The second kappa shape index (κ2) is 10.5. The topological polar surface area (TPSA) is 35.9 Å². The van der Waals surface area contributed by atoms with Crippen molar-refractivity contribution >= 4 is 30.5 Å². The fraction of sp³-hybridized carbons (Fsp3) is 0.368. The molecule has 1 N–H and O–H groups in total. The normalized spacial score (nSPS) is 15.7. The van der Waals surface area contributed by atoms with Crippen molar-refractivity contribution in [3.8, 4) is 5.75 Å². The summed E-state index contributed by atoms with van der Waals surface area (Å²) in [6.07, 6.45) is -0.422. The molecular formula is C19H26Cl2N2O2. The van der Waals surface area contributed by atoms with Crippen LogP contribution in [0.1, 0.15) is 11.7 Å². The fourth-order valence-electron chi connectivity index (χ4n) is 3.09. The van der Waals surface area contributed by atoms with Crippen LogP contribution in [-0.2, 0) is 0 Å². The van der Waals surface area contributed by atoms with Crippen LogP contribution < -0.4 is 9.64 Å². The molecule has 0 radical (unpaired) electrons. The van der Waals surface area contributed by atoms with Crippen molar-refractivity contribution in [1.29, 1.82) is 0 Å². The van der Waals surface area contributed by atoms with E-state index in [2.05, 4.69) is 15.9 Å². The van der Waals surface area contributed by atoms with E-state index < -0.39 is 6.10 Å². The smallest absolute Gasteiger partial charge is 0.142 e. The summed E-state index contributed by atoms with van der Waals surface area (Å²) < 4.78 is 5.45. The molecule has 2 aromatic carbocycles. The highest BCUT2D eigenvalue weighted by molar-refractivity contribution is 5.85. The van der Waals surface area contributed by atoms with Crippen LogP contribution in [0.15, 0.2) is 54.6 Å². The number of aliphatic hydroxyl groups excluding tert-OH is 1. The second-order valence-corrected chi connectivity index (χ2v) is 5.89. The van der Waals surface area contributed by atoms with E-state index in [0.29, 0.717) is 6.54 Å². The lowest BCUT2D eigenvalue weighted by Crippen LogP contribution is -2.47. The molecule has 1 saturated heterocycles. The molecular weight excluding hydrogens is 359 g/mol. The maximum atomic E-state index is 10.4. The largest absolute Gasteiger partial charge is 0.495 e. The lowest BCUT2D eigenvalue weighted by atomic mass is 10.1. The predicted molar refractivity (Wildman–Crippen MR) is 108 cm³/mol. The van der Waals surface area contributed by atoms with Gasteiger partial charge in [0.05, 0.1) is 18.9 Å². The number of hydrogen-bond acceptors (Lipinski definition) is 4. The molecule has 0 saturated carbocycles. The molecule has 1 aliphatic heterocycles. The first-order chi connectivity index (χ1) is 11.3. The Hall–Kier alpha value is -1.46. The van der Waals surface area contributed by atoms with Gasteiger partial charge in [0.2, 0.25) is 0 Å². The highest BCUT2D eigenvalue weighted by Gasteiger charge is 2.21. The van der Waals surface area contributed by atoms with Crippen LogP contribution >= 0.6 is 24.8 Å². The van der Waals surface area contributed by atoms with Gasteiger partial charge in [-0.25, -0.2) is 0 Å². The van der Waals surface area contributed by atoms with Crippen LogP contribution in [0.2, 0.25) is 0 Å². The minimum absolute atomic E-state index is 0. The van der Waals surface area contributed by atoms with Gasteiger partial charge >= 0.3 is 0 Å². The third-order valence-corrected chi connectivity index (χ3v) is 4.41. The molecule has 1 atom stereocenters. The number of anilines is 1. The number of β-amino-alcohol motifs (C(OH)–C–C–N with tert-alkyl or cyclic N) is 1. The Balaban J connectivity index is 0.00000156. The zero-order valence-corrected chi connectivity index (χ0v) is 16.0. The van der Waals surface area contributed by atoms with Crippen LogP contribution in [0.3, 0.4) is 0 Å². The van der Waals surface area contributed by atoms with Gasteiger partial charge < -0.3 is 14.7 Å². The van der Waals surface area contributed by atoms with E-state index >= 15 is 0 Å². The first-order valence-electron chi connectivity index (χ1n) is 8.11. The molecule has 0 aromatic heterocycles. The Labute approximate surface area is 162 Å². The van der Waals surface area contributed by atoms with E-state index in [4.69, 9.17) is 4.74 Å². The van der Waals surface area contributed by atoms with E-state index in [-0.39, 0.29) is 24.8 Å². The summed E-state index contributed by atoms with van der Waals surface area (Å²) in [6, 6.07) is 18.0. The van der Waals surface area contributed by atoms with Crippen LogP contribution in [0.4, 0.5) is 5.69 Å². The average molecular weight is 385 g/mol. The molecule has 0 aliphatic carbocycles. The predicted octanol–water partition coefficient (Wildman–Crippen LogP) is 3.39. The van der Waals surface area contributed by atoms with Gasteiger partial charge in [0.1, 0.15) is 5.75 Å².